The van der Waals surface area contributed by atoms with E-state index in [1.807, 2.05) is 6.07 Å². The van der Waals surface area contributed by atoms with E-state index in [0.717, 1.165) is 17.1 Å². The van der Waals surface area contributed by atoms with Crippen LogP contribution >= 0.6 is 12.2 Å². The third-order valence-electron chi connectivity index (χ3n) is 2.72. The van der Waals surface area contributed by atoms with E-state index in [0.29, 0.717) is 0 Å². The topological polar surface area (TPSA) is 12.0 Å². The summed E-state index contributed by atoms with van der Waals surface area (Å²) < 4.78 is 0. The minimum atomic E-state index is -0.0527. The zero-order valence-electron chi connectivity index (χ0n) is 9.08. The van der Waals surface area contributed by atoms with Crippen LogP contribution in [0.4, 0.5) is 5.69 Å². The summed E-state index contributed by atoms with van der Waals surface area (Å²) in [6, 6.07) is 8.31. The molecule has 15 heavy (non-hydrogen) atoms. The first-order valence-electron chi connectivity index (χ1n) is 5.17. The van der Waals surface area contributed by atoms with Crippen molar-refractivity contribution in [2.24, 2.45) is 5.41 Å². The minimum absolute atomic E-state index is 0.0527. The molecule has 0 saturated carbocycles. The number of thiocarbonyl (C=S) groups is 1. The van der Waals surface area contributed by atoms with Crippen molar-refractivity contribution < 1.29 is 0 Å². The second-order valence-electron chi connectivity index (χ2n) is 4.44. The first kappa shape index (κ1) is 10.4. The van der Waals surface area contributed by atoms with Crippen LogP contribution in [-0.2, 0) is 6.42 Å². The fourth-order valence-electron chi connectivity index (χ4n) is 1.66. The van der Waals surface area contributed by atoms with E-state index in [1.54, 1.807) is 0 Å². The Morgan fingerprint density at radius 2 is 2.00 bits per heavy atom. The SMILES string of the molecule is CC1(C)/C=C\Cc2ccccc2NC1=S. The first-order valence-corrected chi connectivity index (χ1v) is 5.57. The first-order chi connectivity index (χ1) is 7.09. The third-order valence-corrected chi connectivity index (χ3v) is 3.35. The van der Waals surface area contributed by atoms with Gasteiger partial charge in [0.25, 0.3) is 0 Å². The number of hydrogen-bond acceptors (Lipinski definition) is 1. The van der Waals surface area contributed by atoms with E-state index in [1.165, 1.54) is 5.56 Å². The molecule has 0 aromatic heterocycles. The standard InChI is InChI=1S/C13H15NS/c1-13(2)9-5-7-10-6-3-4-8-11(10)14-12(13)15/h3-6,8-9H,7H2,1-2H3,(H,14,15)/b9-5-. The second-order valence-corrected chi connectivity index (χ2v) is 4.85. The molecule has 1 N–H and O–H groups in total. The maximum absolute atomic E-state index is 5.40. The third kappa shape index (κ3) is 2.10. The summed E-state index contributed by atoms with van der Waals surface area (Å²) in [6.45, 7) is 4.26. The molecule has 0 spiro atoms. The van der Waals surface area contributed by atoms with Gasteiger partial charge in [0.1, 0.15) is 0 Å². The van der Waals surface area contributed by atoms with E-state index < -0.39 is 0 Å². The molecule has 0 atom stereocenters. The lowest BCUT2D eigenvalue weighted by atomic mass is 9.90. The van der Waals surface area contributed by atoms with Crippen LogP contribution in [0.25, 0.3) is 0 Å². The highest BCUT2D eigenvalue weighted by atomic mass is 32.1. The summed E-state index contributed by atoms with van der Waals surface area (Å²) in [5.74, 6) is 0. The highest BCUT2D eigenvalue weighted by Gasteiger charge is 2.22. The smallest absolute Gasteiger partial charge is 0.0892 e. The molecule has 0 amide bonds. The molecule has 78 valence electrons. The van der Waals surface area contributed by atoms with Gasteiger partial charge in [-0.2, -0.15) is 0 Å². The molecule has 0 unspecified atom stereocenters. The lowest BCUT2D eigenvalue weighted by molar-refractivity contribution is 0.681. The number of allylic oxidation sites excluding steroid dienone is 1. The van der Waals surface area contributed by atoms with Crippen molar-refractivity contribution >= 4 is 22.9 Å². The Morgan fingerprint density at radius 3 is 2.80 bits per heavy atom. The monoisotopic (exact) mass is 217 g/mol. The van der Waals surface area contributed by atoms with Crippen molar-refractivity contribution in [1.29, 1.82) is 0 Å². The predicted molar refractivity (Wildman–Crippen MR) is 69.3 cm³/mol. The van der Waals surface area contributed by atoms with Crippen molar-refractivity contribution in [3.05, 3.63) is 42.0 Å². The Kier molecular flexibility index (Phi) is 2.61. The average molecular weight is 217 g/mol. The molecule has 0 bridgehead atoms. The van der Waals surface area contributed by atoms with Crippen LogP contribution < -0.4 is 5.32 Å². The number of anilines is 1. The highest BCUT2D eigenvalue weighted by molar-refractivity contribution is 7.80. The van der Waals surface area contributed by atoms with Gasteiger partial charge in [0.2, 0.25) is 0 Å². The molecule has 0 saturated heterocycles. The Bertz CT molecular complexity index is 418. The van der Waals surface area contributed by atoms with E-state index >= 15 is 0 Å². The van der Waals surface area contributed by atoms with E-state index in [-0.39, 0.29) is 5.41 Å². The number of rotatable bonds is 0. The number of benzene rings is 1. The highest BCUT2D eigenvalue weighted by Crippen LogP contribution is 2.26. The Morgan fingerprint density at radius 1 is 1.27 bits per heavy atom. The quantitative estimate of drug-likeness (QED) is 0.527. The summed E-state index contributed by atoms with van der Waals surface area (Å²) >= 11 is 5.40. The van der Waals surface area contributed by atoms with Gasteiger partial charge in [-0.25, -0.2) is 0 Å². The van der Waals surface area contributed by atoms with Gasteiger partial charge in [0.05, 0.1) is 4.99 Å². The van der Waals surface area contributed by atoms with Crippen molar-refractivity contribution in [3.63, 3.8) is 0 Å². The average Bonchev–Trinajstić information content (AvgIpc) is 2.18. The van der Waals surface area contributed by atoms with Gasteiger partial charge >= 0.3 is 0 Å². The van der Waals surface area contributed by atoms with Gasteiger partial charge in [-0.05, 0) is 31.9 Å². The summed E-state index contributed by atoms with van der Waals surface area (Å²) in [6.07, 6.45) is 5.35. The van der Waals surface area contributed by atoms with Crippen LogP contribution in [0.5, 0.6) is 0 Å². The van der Waals surface area contributed by atoms with E-state index in [9.17, 15) is 0 Å². The van der Waals surface area contributed by atoms with E-state index in [2.05, 4.69) is 49.5 Å². The summed E-state index contributed by atoms with van der Waals surface area (Å²) in [5, 5.41) is 3.33. The Labute approximate surface area is 96.2 Å². The maximum Gasteiger partial charge on any atom is 0.0892 e. The molecular weight excluding hydrogens is 202 g/mol. The fourth-order valence-corrected chi connectivity index (χ4v) is 1.84. The molecule has 1 aliphatic heterocycles. The van der Waals surface area contributed by atoms with Crippen molar-refractivity contribution in [1.82, 2.24) is 0 Å². The molecule has 1 aromatic carbocycles. The second kappa shape index (κ2) is 3.78. The van der Waals surface area contributed by atoms with E-state index in [4.69, 9.17) is 12.2 Å². The molecule has 1 nitrogen and oxygen atoms in total. The molecule has 0 radical (unpaired) electrons. The lowest BCUT2D eigenvalue weighted by Gasteiger charge is -2.26. The zero-order chi connectivity index (χ0) is 10.9. The summed E-state index contributed by atoms with van der Waals surface area (Å²) in [7, 11) is 0. The molecule has 1 aliphatic rings. The Balaban J connectivity index is 2.41. The van der Waals surface area contributed by atoms with Gasteiger partial charge in [0, 0.05) is 11.1 Å². The van der Waals surface area contributed by atoms with Crippen molar-refractivity contribution in [3.8, 4) is 0 Å². The van der Waals surface area contributed by atoms with Gasteiger partial charge in [0.15, 0.2) is 0 Å². The number of nitrogens with one attached hydrogen (secondary N) is 1. The lowest BCUT2D eigenvalue weighted by Crippen LogP contribution is -2.28. The number of hydrogen-bond donors (Lipinski definition) is 1. The molecule has 0 aliphatic carbocycles. The fraction of sp³-hybridized carbons (Fsp3) is 0.308. The van der Waals surface area contributed by atoms with Crippen LogP contribution in [0, 0.1) is 5.41 Å². The van der Waals surface area contributed by atoms with Gasteiger partial charge in [-0.1, -0.05) is 42.6 Å². The van der Waals surface area contributed by atoms with Crippen LogP contribution in [0.2, 0.25) is 0 Å². The van der Waals surface area contributed by atoms with Crippen molar-refractivity contribution in [2.45, 2.75) is 20.3 Å². The predicted octanol–water partition coefficient (Wildman–Crippen LogP) is 3.56. The number of fused-ring (bicyclic) bond motifs is 1. The summed E-state index contributed by atoms with van der Waals surface area (Å²) in [5.41, 5.74) is 2.38. The van der Waals surface area contributed by atoms with Crippen molar-refractivity contribution in [2.75, 3.05) is 5.32 Å². The molecule has 2 heteroatoms. The minimum Gasteiger partial charge on any atom is -0.349 e. The molecule has 2 rings (SSSR count). The molecule has 0 fully saturated rings. The number of para-hydroxylation sites is 1. The van der Waals surface area contributed by atoms with Crippen LogP contribution in [0.1, 0.15) is 19.4 Å². The maximum atomic E-state index is 5.40. The molecular formula is C13H15NS. The Hall–Kier alpha value is -1.15. The van der Waals surface area contributed by atoms with Crippen LogP contribution in [0.3, 0.4) is 0 Å². The van der Waals surface area contributed by atoms with Gasteiger partial charge in [-0.15, -0.1) is 0 Å². The van der Waals surface area contributed by atoms with Gasteiger partial charge < -0.3 is 5.32 Å². The van der Waals surface area contributed by atoms with Gasteiger partial charge in [-0.3, -0.25) is 0 Å². The van der Waals surface area contributed by atoms with Crippen LogP contribution in [-0.4, -0.2) is 4.99 Å². The largest absolute Gasteiger partial charge is 0.349 e. The summed E-state index contributed by atoms with van der Waals surface area (Å²) in [4.78, 5) is 0.880. The zero-order valence-corrected chi connectivity index (χ0v) is 9.90. The molecule has 1 heterocycles. The normalized spacial score (nSPS) is 20.8. The van der Waals surface area contributed by atoms with Crippen LogP contribution in [0.15, 0.2) is 36.4 Å². The molecule has 1 aromatic rings.